The van der Waals surface area contributed by atoms with E-state index in [1.165, 1.54) is 4.90 Å². The van der Waals surface area contributed by atoms with Gasteiger partial charge in [-0.3, -0.25) is 19.4 Å². The Morgan fingerprint density at radius 3 is 2.44 bits per heavy atom. The van der Waals surface area contributed by atoms with Gasteiger partial charge in [0.25, 0.3) is 0 Å². The number of ether oxygens (including phenoxy) is 1. The second kappa shape index (κ2) is 7.56. The first-order valence-corrected chi connectivity index (χ1v) is 9.35. The van der Waals surface area contributed by atoms with E-state index < -0.39 is 17.8 Å². The third-order valence-corrected chi connectivity index (χ3v) is 5.41. The molecule has 1 aromatic rings. The summed E-state index contributed by atoms with van der Waals surface area (Å²) in [6.45, 7) is 2.26. The molecule has 2 fully saturated rings. The summed E-state index contributed by atoms with van der Waals surface area (Å²) in [5.74, 6) is -0.575. The molecule has 1 aromatic carbocycles. The number of imide groups is 2. The fourth-order valence-electron chi connectivity index (χ4n) is 3.48. The second-order valence-corrected chi connectivity index (χ2v) is 7.46. The van der Waals surface area contributed by atoms with Crippen molar-refractivity contribution in [3.63, 3.8) is 0 Å². The molecule has 0 unspecified atom stereocenters. The highest BCUT2D eigenvalue weighted by Crippen LogP contribution is 2.31. The van der Waals surface area contributed by atoms with Crippen LogP contribution in [0.3, 0.4) is 0 Å². The van der Waals surface area contributed by atoms with E-state index in [0.29, 0.717) is 5.75 Å². The van der Waals surface area contributed by atoms with Gasteiger partial charge in [0.05, 0.1) is 6.54 Å². The van der Waals surface area contributed by atoms with Crippen molar-refractivity contribution >= 4 is 33.8 Å². The zero-order valence-electron chi connectivity index (χ0n) is 14.1. The van der Waals surface area contributed by atoms with E-state index >= 15 is 0 Å². The van der Waals surface area contributed by atoms with Crippen molar-refractivity contribution in [2.45, 2.75) is 38.6 Å². The van der Waals surface area contributed by atoms with Crippen molar-refractivity contribution < 1.29 is 19.1 Å². The van der Waals surface area contributed by atoms with E-state index in [2.05, 4.69) is 15.9 Å². The molecule has 3 rings (SSSR count). The van der Waals surface area contributed by atoms with E-state index in [-0.39, 0.29) is 25.1 Å². The maximum absolute atomic E-state index is 12.6. The van der Waals surface area contributed by atoms with Crippen molar-refractivity contribution in [2.75, 3.05) is 13.2 Å². The summed E-state index contributed by atoms with van der Waals surface area (Å²) in [4.78, 5) is 39.3. The Hall–Kier alpha value is -1.89. The van der Waals surface area contributed by atoms with Crippen LogP contribution in [0.1, 0.15) is 32.6 Å². The number of urea groups is 1. The quantitative estimate of drug-likeness (QED) is 0.554. The Bertz CT molecular complexity index is 676. The van der Waals surface area contributed by atoms with Crippen molar-refractivity contribution in [3.05, 3.63) is 28.7 Å². The Morgan fingerprint density at radius 2 is 1.76 bits per heavy atom. The standard InChI is InChI=1S/C18H21BrN2O4/c1-12-4-2-3-5-15(12)21-17(23)16(22)20(18(21)24)10-11-25-14-8-6-13(19)7-9-14/h6-9,12,15H,2-5,10-11H2,1H3/t12-,15+/m0/s1. The number of benzene rings is 1. The predicted octanol–water partition coefficient (Wildman–Crippen LogP) is 3.20. The minimum absolute atomic E-state index is 0.0665. The largest absolute Gasteiger partial charge is 0.492 e. The molecule has 4 amide bonds. The van der Waals surface area contributed by atoms with Crippen LogP contribution < -0.4 is 4.74 Å². The highest BCUT2D eigenvalue weighted by Gasteiger charge is 2.48. The lowest BCUT2D eigenvalue weighted by Crippen LogP contribution is -2.46. The van der Waals surface area contributed by atoms with Gasteiger partial charge in [0.1, 0.15) is 12.4 Å². The Morgan fingerprint density at radius 1 is 1.08 bits per heavy atom. The number of hydrogen-bond acceptors (Lipinski definition) is 4. The molecule has 1 aliphatic carbocycles. The van der Waals surface area contributed by atoms with Crippen molar-refractivity contribution in [3.8, 4) is 5.75 Å². The van der Waals surface area contributed by atoms with Crippen LogP contribution in [0.5, 0.6) is 5.75 Å². The molecule has 0 spiro atoms. The normalized spacial score (nSPS) is 24.2. The average molecular weight is 409 g/mol. The highest BCUT2D eigenvalue weighted by atomic mass is 79.9. The first-order chi connectivity index (χ1) is 12.0. The number of carbonyl (C=O) groups excluding carboxylic acids is 3. The van der Waals surface area contributed by atoms with E-state index in [1.807, 2.05) is 19.1 Å². The van der Waals surface area contributed by atoms with E-state index in [1.54, 1.807) is 12.1 Å². The second-order valence-electron chi connectivity index (χ2n) is 6.55. The predicted molar refractivity (Wildman–Crippen MR) is 95.0 cm³/mol. The van der Waals surface area contributed by atoms with Gasteiger partial charge >= 0.3 is 17.8 Å². The van der Waals surface area contributed by atoms with Crippen molar-refractivity contribution in [1.29, 1.82) is 0 Å². The van der Waals surface area contributed by atoms with Crippen LogP contribution in [0.15, 0.2) is 28.7 Å². The number of hydrogen-bond donors (Lipinski definition) is 0. The van der Waals surface area contributed by atoms with Crippen LogP contribution in [0.2, 0.25) is 0 Å². The molecule has 6 nitrogen and oxygen atoms in total. The summed E-state index contributed by atoms with van der Waals surface area (Å²) in [6, 6.07) is 6.59. The smallest absolute Gasteiger partial charge is 0.334 e. The number of nitrogens with zero attached hydrogens (tertiary/aromatic N) is 2. The summed E-state index contributed by atoms with van der Waals surface area (Å²) in [5.41, 5.74) is 0. The first kappa shape index (κ1) is 17.9. The van der Waals surface area contributed by atoms with Crippen molar-refractivity contribution in [1.82, 2.24) is 9.80 Å². The summed E-state index contributed by atoms with van der Waals surface area (Å²) < 4.78 is 6.50. The zero-order valence-corrected chi connectivity index (χ0v) is 15.7. The molecule has 2 atom stereocenters. The van der Waals surface area contributed by atoms with Crippen LogP contribution in [0, 0.1) is 5.92 Å². The Kier molecular flexibility index (Phi) is 5.42. The molecule has 2 aliphatic rings. The van der Waals surface area contributed by atoms with Crippen LogP contribution in [-0.2, 0) is 9.59 Å². The zero-order chi connectivity index (χ0) is 18.0. The maximum atomic E-state index is 12.6. The fourth-order valence-corrected chi connectivity index (χ4v) is 3.74. The molecule has 0 radical (unpaired) electrons. The third-order valence-electron chi connectivity index (χ3n) is 4.88. The maximum Gasteiger partial charge on any atom is 0.334 e. The molecular weight excluding hydrogens is 388 g/mol. The molecule has 1 heterocycles. The number of amides is 4. The van der Waals surface area contributed by atoms with Gasteiger partial charge < -0.3 is 4.74 Å². The molecule has 25 heavy (non-hydrogen) atoms. The number of rotatable bonds is 5. The first-order valence-electron chi connectivity index (χ1n) is 8.56. The summed E-state index contributed by atoms with van der Waals surface area (Å²) in [5, 5.41) is 0. The molecule has 0 N–H and O–H groups in total. The monoisotopic (exact) mass is 408 g/mol. The number of halogens is 1. The van der Waals surface area contributed by atoms with Gasteiger partial charge in [-0.05, 0) is 43.0 Å². The number of carbonyl (C=O) groups is 3. The fraction of sp³-hybridized carbons (Fsp3) is 0.500. The molecule has 1 saturated carbocycles. The SMILES string of the molecule is C[C@H]1CCCC[C@H]1N1C(=O)C(=O)N(CCOc2ccc(Br)cc2)C1=O. The molecule has 0 bridgehead atoms. The van der Waals surface area contributed by atoms with Gasteiger partial charge in [-0.25, -0.2) is 4.79 Å². The van der Waals surface area contributed by atoms with E-state index in [9.17, 15) is 14.4 Å². The lowest BCUT2D eigenvalue weighted by molar-refractivity contribution is -0.144. The van der Waals surface area contributed by atoms with Crippen LogP contribution >= 0.6 is 15.9 Å². The summed E-state index contributed by atoms with van der Waals surface area (Å²) in [7, 11) is 0. The summed E-state index contributed by atoms with van der Waals surface area (Å²) >= 11 is 3.34. The molecule has 1 aliphatic heterocycles. The lowest BCUT2D eigenvalue weighted by Gasteiger charge is -2.34. The van der Waals surface area contributed by atoms with Crippen LogP contribution in [0.25, 0.3) is 0 Å². The minimum atomic E-state index is -0.748. The van der Waals surface area contributed by atoms with Gasteiger partial charge in [-0.1, -0.05) is 35.7 Å². The van der Waals surface area contributed by atoms with E-state index in [4.69, 9.17) is 4.74 Å². The van der Waals surface area contributed by atoms with Crippen molar-refractivity contribution in [2.24, 2.45) is 5.92 Å². The van der Waals surface area contributed by atoms with E-state index in [0.717, 1.165) is 35.1 Å². The van der Waals surface area contributed by atoms with Crippen LogP contribution in [0.4, 0.5) is 4.79 Å². The molecular formula is C18H21BrN2O4. The molecule has 0 aromatic heterocycles. The third kappa shape index (κ3) is 3.71. The van der Waals surface area contributed by atoms with Crippen LogP contribution in [-0.4, -0.2) is 46.8 Å². The topological polar surface area (TPSA) is 66.9 Å². The molecule has 7 heteroatoms. The highest BCUT2D eigenvalue weighted by molar-refractivity contribution is 9.10. The minimum Gasteiger partial charge on any atom is -0.492 e. The average Bonchev–Trinajstić information content (AvgIpc) is 2.81. The Balaban J connectivity index is 1.62. The summed E-state index contributed by atoms with van der Waals surface area (Å²) in [6.07, 6.45) is 3.83. The Labute approximate surface area is 155 Å². The van der Waals surface area contributed by atoms with Gasteiger partial charge in [-0.15, -0.1) is 0 Å². The van der Waals surface area contributed by atoms with Gasteiger partial charge in [0.15, 0.2) is 0 Å². The van der Waals surface area contributed by atoms with Gasteiger partial charge in [-0.2, -0.15) is 0 Å². The van der Waals surface area contributed by atoms with Gasteiger partial charge in [0, 0.05) is 10.5 Å². The molecule has 1 saturated heterocycles. The molecule has 134 valence electrons. The lowest BCUT2D eigenvalue weighted by atomic mass is 9.85. The van der Waals surface area contributed by atoms with Gasteiger partial charge in [0.2, 0.25) is 0 Å².